The molecular formula is C14H15N3O2. The van der Waals surface area contributed by atoms with Crippen molar-refractivity contribution < 1.29 is 9.59 Å². The third kappa shape index (κ3) is 1.97. The first-order valence-electron chi connectivity index (χ1n) is 6.23. The van der Waals surface area contributed by atoms with Gasteiger partial charge in [-0.3, -0.25) is 9.59 Å². The van der Waals surface area contributed by atoms with Crippen LogP contribution in [0.3, 0.4) is 0 Å². The Kier molecular flexibility index (Phi) is 2.55. The molecule has 5 nitrogen and oxygen atoms in total. The number of nitrogens with zero attached hydrogens (tertiary/aromatic N) is 1. The van der Waals surface area contributed by atoms with E-state index in [-0.39, 0.29) is 18.2 Å². The number of hydrogen-bond donors (Lipinski definition) is 2. The standard InChI is InChI=1S/C14H15N3O2/c1-8-4-9-5-11(2-3-12(9)16-8)17-7-10(14(15)19)6-13(17)18/h2-5,10,16H,6-7H2,1H3,(H2,15,19). The summed E-state index contributed by atoms with van der Waals surface area (Å²) in [5.74, 6) is -0.832. The van der Waals surface area contributed by atoms with E-state index in [0.717, 1.165) is 22.3 Å². The van der Waals surface area contributed by atoms with Gasteiger partial charge in [-0.15, -0.1) is 0 Å². The molecule has 1 fully saturated rings. The zero-order valence-corrected chi connectivity index (χ0v) is 10.6. The molecule has 3 N–H and O–H groups in total. The molecule has 0 spiro atoms. The van der Waals surface area contributed by atoms with Gasteiger partial charge in [0.25, 0.3) is 0 Å². The summed E-state index contributed by atoms with van der Waals surface area (Å²) in [6, 6.07) is 7.83. The molecule has 5 heteroatoms. The summed E-state index contributed by atoms with van der Waals surface area (Å²) in [5.41, 5.74) is 8.21. The second-order valence-electron chi connectivity index (χ2n) is 5.03. The van der Waals surface area contributed by atoms with E-state index in [2.05, 4.69) is 4.98 Å². The molecule has 98 valence electrons. The van der Waals surface area contributed by atoms with Gasteiger partial charge in [-0.2, -0.15) is 0 Å². The monoisotopic (exact) mass is 257 g/mol. The lowest BCUT2D eigenvalue weighted by Crippen LogP contribution is -2.28. The molecule has 1 aromatic carbocycles. The SMILES string of the molecule is Cc1cc2cc(N3CC(C(N)=O)CC3=O)ccc2[nH]1. The molecule has 1 saturated heterocycles. The number of anilines is 1. The fraction of sp³-hybridized carbons (Fsp3) is 0.286. The summed E-state index contributed by atoms with van der Waals surface area (Å²) >= 11 is 0. The van der Waals surface area contributed by atoms with Gasteiger partial charge in [-0.25, -0.2) is 0 Å². The summed E-state index contributed by atoms with van der Waals surface area (Å²) < 4.78 is 0. The maximum Gasteiger partial charge on any atom is 0.227 e. The van der Waals surface area contributed by atoms with E-state index in [4.69, 9.17) is 5.73 Å². The Labute approximate surface area is 110 Å². The molecule has 0 aliphatic carbocycles. The van der Waals surface area contributed by atoms with Crippen molar-refractivity contribution in [3.05, 3.63) is 30.0 Å². The Hall–Kier alpha value is -2.30. The minimum absolute atomic E-state index is 0.0459. The van der Waals surface area contributed by atoms with Crippen molar-refractivity contribution in [2.45, 2.75) is 13.3 Å². The molecule has 1 aromatic heterocycles. The molecule has 0 saturated carbocycles. The van der Waals surface area contributed by atoms with Gasteiger partial charge in [0.05, 0.1) is 5.92 Å². The Morgan fingerprint density at radius 2 is 2.21 bits per heavy atom. The number of aryl methyl sites for hydroxylation is 1. The second-order valence-corrected chi connectivity index (χ2v) is 5.03. The average molecular weight is 257 g/mol. The zero-order chi connectivity index (χ0) is 13.6. The van der Waals surface area contributed by atoms with Crippen molar-refractivity contribution in [3.8, 4) is 0 Å². The molecule has 2 amide bonds. The van der Waals surface area contributed by atoms with Crippen molar-refractivity contribution >= 4 is 28.4 Å². The summed E-state index contributed by atoms with van der Waals surface area (Å²) in [4.78, 5) is 28.0. The first kappa shape index (κ1) is 11.8. The molecule has 1 aliphatic heterocycles. The molecule has 3 rings (SSSR count). The van der Waals surface area contributed by atoms with Gasteiger partial charge >= 0.3 is 0 Å². The minimum atomic E-state index is -0.408. The fourth-order valence-corrected chi connectivity index (χ4v) is 2.58. The van der Waals surface area contributed by atoms with Crippen molar-refractivity contribution in [2.75, 3.05) is 11.4 Å². The number of rotatable bonds is 2. The lowest BCUT2D eigenvalue weighted by molar-refractivity contribution is -0.123. The smallest absolute Gasteiger partial charge is 0.227 e. The minimum Gasteiger partial charge on any atom is -0.369 e. The Bertz CT molecular complexity index is 674. The van der Waals surface area contributed by atoms with Crippen LogP contribution in [0.2, 0.25) is 0 Å². The molecule has 0 radical (unpaired) electrons. The van der Waals surface area contributed by atoms with Crippen molar-refractivity contribution in [1.29, 1.82) is 0 Å². The quantitative estimate of drug-likeness (QED) is 0.850. The third-order valence-electron chi connectivity index (χ3n) is 3.58. The number of H-pyrrole nitrogens is 1. The highest BCUT2D eigenvalue weighted by molar-refractivity contribution is 6.01. The second kappa shape index (κ2) is 4.12. The first-order chi connectivity index (χ1) is 9.04. The van der Waals surface area contributed by atoms with Crippen LogP contribution in [0.1, 0.15) is 12.1 Å². The third-order valence-corrected chi connectivity index (χ3v) is 3.58. The number of fused-ring (bicyclic) bond motifs is 1. The van der Waals surface area contributed by atoms with Crippen LogP contribution in [0.4, 0.5) is 5.69 Å². The highest BCUT2D eigenvalue weighted by atomic mass is 16.2. The van der Waals surface area contributed by atoms with Crippen LogP contribution in [0, 0.1) is 12.8 Å². The first-order valence-corrected chi connectivity index (χ1v) is 6.23. The summed E-state index contributed by atoms with van der Waals surface area (Å²) in [6.07, 6.45) is 0.208. The van der Waals surface area contributed by atoms with E-state index in [9.17, 15) is 9.59 Å². The number of benzene rings is 1. The molecule has 0 bridgehead atoms. The molecule has 2 heterocycles. The average Bonchev–Trinajstić information content (AvgIpc) is 2.90. The molecule has 1 atom stereocenters. The summed E-state index contributed by atoms with van der Waals surface area (Å²) in [7, 11) is 0. The van der Waals surface area contributed by atoms with E-state index in [1.54, 1.807) is 4.90 Å². The number of aromatic nitrogens is 1. The molecule has 1 unspecified atom stereocenters. The highest BCUT2D eigenvalue weighted by Crippen LogP contribution is 2.28. The van der Waals surface area contributed by atoms with Crippen LogP contribution in [0.5, 0.6) is 0 Å². The number of primary amides is 1. The van der Waals surface area contributed by atoms with Crippen LogP contribution < -0.4 is 10.6 Å². The molecule has 19 heavy (non-hydrogen) atoms. The molecular weight excluding hydrogens is 242 g/mol. The van der Waals surface area contributed by atoms with Gasteiger partial charge in [0.15, 0.2) is 0 Å². The molecule has 2 aromatic rings. The number of hydrogen-bond acceptors (Lipinski definition) is 2. The Morgan fingerprint density at radius 1 is 1.42 bits per heavy atom. The van der Waals surface area contributed by atoms with E-state index >= 15 is 0 Å². The van der Waals surface area contributed by atoms with E-state index < -0.39 is 5.91 Å². The number of aromatic amines is 1. The summed E-state index contributed by atoms with van der Waals surface area (Å²) in [6.45, 7) is 2.37. The maximum atomic E-state index is 11.9. The van der Waals surface area contributed by atoms with Crippen molar-refractivity contribution in [3.63, 3.8) is 0 Å². The Morgan fingerprint density at radius 3 is 2.89 bits per heavy atom. The van der Waals surface area contributed by atoms with Gasteiger partial charge in [-0.05, 0) is 31.2 Å². The van der Waals surface area contributed by atoms with Crippen LogP contribution >= 0.6 is 0 Å². The van der Waals surface area contributed by atoms with Gasteiger partial charge in [0, 0.05) is 35.2 Å². The van der Waals surface area contributed by atoms with Crippen LogP contribution in [-0.2, 0) is 9.59 Å². The predicted molar refractivity (Wildman–Crippen MR) is 72.7 cm³/mol. The number of carbonyl (C=O) groups excluding carboxylic acids is 2. The molecule has 1 aliphatic rings. The number of amides is 2. The lowest BCUT2D eigenvalue weighted by Gasteiger charge is -2.16. The number of nitrogens with two attached hydrogens (primary N) is 1. The van der Waals surface area contributed by atoms with Crippen LogP contribution in [0.25, 0.3) is 10.9 Å². The van der Waals surface area contributed by atoms with Gasteiger partial charge < -0.3 is 15.6 Å². The van der Waals surface area contributed by atoms with Gasteiger partial charge in [-0.1, -0.05) is 0 Å². The fourth-order valence-electron chi connectivity index (χ4n) is 2.58. The van der Waals surface area contributed by atoms with Crippen molar-refractivity contribution in [1.82, 2.24) is 4.98 Å². The number of nitrogens with one attached hydrogen (secondary N) is 1. The predicted octanol–water partition coefficient (Wildman–Crippen LogP) is 1.31. The topological polar surface area (TPSA) is 79.2 Å². The summed E-state index contributed by atoms with van der Waals surface area (Å²) in [5, 5.41) is 1.06. The van der Waals surface area contributed by atoms with Gasteiger partial charge in [0.2, 0.25) is 11.8 Å². The van der Waals surface area contributed by atoms with Crippen LogP contribution in [0.15, 0.2) is 24.3 Å². The van der Waals surface area contributed by atoms with Crippen LogP contribution in [-0.4, -0.2) is 23.3 Å². The maximum absolute atomic E-state index is 11.9. The highest BCUT2D eigenvalue weighted by Gasteiger charge is 2.33. The van der Waals surface area contributed by atoms with E-state index in [1.165, 1.54) is 0 Å². The van der Waals surface area contributed by atoms with E-state index in [1.807, 2.05) is 31.2 Å². The number of carbonyl (C=O) groups is 2. The zero-order valence-electron chi connectivity index (χ0n) is 10.6. The van der Waals surface area contributed by atoms with E-state index in [0.29, 0.717) is 6.54 Å². The normalized spacial score (nSPS) is 19.3. The largest absolute Gasteiger partial charge is 0.369 e. The lowest BCUT2D eigenvalue weighted by atomic mass is 10.1. The van der Waals surface area contributed by atoms with Crippen molar-refractivity contribution in [2.24, 2.45) is 11.7 Å². The van der Waals surface area contributed by atoms with Gasteiger partial charge in [0.1, 0.15) is 0 Å². The Balaban J connectivity index is 1.95.